The predicted molar refractivity (Wildman–Crippen MR) is 72.2 cm³/mol. The largest absolute Gasteiger partial charge is 0.481 e. The molecular formula is C15H15N3O2. The van der Waals surface area contributed by atoms with Gasteiger partial charge in [0.1, 0.15) is 11.9 Å². The summed E-state index contributed by atoms with van der Waals surface area (Å²) in [6, 6.07) is 7.83. The maximum Gasteiger partial charge on any atom is 0.306 e. The molecule has 2 aromatic rings. The van der Waals surface area contributed by atoms with Gasteiger partial charge >= 0.3 is 5.97 Å². The summed E-state index contributed by atoms with van der Waals surface area (Å²) < 4.78 is 1.96. The lowest BCUT2D eigenvalue weighted by Gasteiger charge is -2.25. The van der Waals surface area contributed by atoms with E-state index in [-0.39, 0.29) is 11.8 Å². The fourth-order valence-corrected chi connectivity index (χ4v) is 3.03. The number of imidazole rings is 1. The molecule has 1 N–H and O–H groups in total. The third kappa shape index (κ3) is 2.03. The highest BCUT2D eigenvalue weighted by molar-refractivity contribution is 5.70. The summed E-state index contributed by atoms with van der Waals surface area (Å²) in [6.45, 7) is 0. The number of hydrogen-bond acceptors (Lipinski definition) is 3. The fourth-order valence-electron chi connectivity index (χ4n) is 3.03. The van der Waals surface area contributed by atoms with Crippen LogP contribution >= 0.6 is 0 Å². The number of rotatable bonds is 2. The van der Waals surface area contributed by atoms with Crippen molar-refractivity contribution in [3.05, 3.63) is 35.9 Å². The van der Waals surface area contributed by atoms with E-state index in [1.54, 1.807) is 0 Å². The highest BCUT2D eigenvalue weighted by Gasteiger charge is 2.29. The van der Waals surface area contributed by atoms with Crippen LogP contribution < -0.4 is 0 Å². The molecule has 2 heterocycles. The standard InChI is InChI=1S/C15H15N3O2/c16-9-12-13-3-1-2-8-18(13)14(17-12)10-4-6-11(7-5-10)15(19)20/h1-3,8,10-11H,4-7H2,(H,19,20). The van der Waals surface area contributed by atoms with Crippen LogP contribution in [0.5, 0.6) is 0 Å². The van der Waals surface area contributed by atoms with Gasteiger partial charge in [0.2, 0.25) is 0 Å². The van der Waals surface area contributed by atoms with Crippen molar-refractivity contribution in [3.63, 3.8) is 0 Å². The van der Waals surface area contributed by atoms with Crippen molar-refractivity contribution in [3.8, 4) is 6.07 Å². The number of carboxylic acids is 1. The first-order chi connectivity index (χ1) is 9.70. The Balaban J connectivity index is 1.92. The Morgan fingerprint density at radius 1 is 1.35 bits per heavy atom. The second-order valence-corrected chi connectivity index (χ2v) is 5.27. The van der Waals surface area contributed by atoms with E-state index in [1.807, 2.05) is 28.8 Å². The lowest BCUT2D eigenvalue weighted by Crippen LogP contribution is -2.21. The highest BCUT2D eigenvalue weighted by Crippen LogP contribution is 2.36. The minimum atomic E-state index is -0.700. The third-order valence-corrected chi connectivity index (χ3v) is 4.12. The van der Waals surface area contributed by atoms with Crippen molar-refractivity contribution >= 4 is 11.5 Å². The van der Waals surface area contributed by atoms with Crippen molar-refractivity contribution in [2.24, 2.45) is 5.92 Å². The minimum Gasteiger partial charge on any atom is -0.481 e. The van der Waals surface area contributed by atoms with Gasteiger partial charge in [-0.25, -0.2) is 4.98 Å². The molecule has 20 heavy (non-hydrogen) atoms. The molecule has 0 saturated heterocycles. The van der Waals surface area contributed by atoms with E-state index in [4.69, 9.17) is 10.4 Å². The van der Waals surface area contributed by atoms with Gasteiger partial charge in [-0.15, -0.1) is 0 Å². The van der Waals surface area contributed by atoms with Gasteiger partial charge in [-0.05, 0) is 37.8 Å². The van der Waals surface area contributed by atoms with Crippen LogP contribution in [0.25, 0.3) is 5.52 Å². The van der Waals surface area contributed by atoms with Crippen LogP contribution in [-0.4, -0.2) is 20.5 Å². The first kappa shape index (κ1) is 12.7. The Hall–Kier alpha value is -2.35. The first-order valence-electron chi connectivity index (χ1n) is 6.80. The Morgan fingerprint density at radius 2 is 2.10 bits per heavy atom. The molecule has 102 valence electrons. The van der Waals surface area contributed by atoms with Gasteiger partial charge in [0.05, 0.1) is 11.4 Å². The average Bonchev–Trinajstić information content (AvgIpc) is 2.86. The molecule has 2 aromatic heterocycles. The number of nitrogens with zero attached hydrogens (tertiary/aromatic N) is 3. The summed E-state index contributed by atoms with van der Waals surface area (Å²) in [4.78, 5) is 15.5. The molecule has 1 saturated carbocycles. The predicted octanol–water partition coefficient (Wildman–Crippen LogP) is 2.56. The maximum absolute atomic E-state index is 11.0. The molecule has 0 unspecified atom stereocenters. The summed E-state index contributed by atoms with van der Waals surface area (Å²) in [5.74, 6) is 0.200. The van der Waals surface area contributed by atoms with E-state index in [0.29, 0.717) is 18.5 Å². The van der Waals surface area contributed by atoms with Crippen LogP contribution in [0.4, 0.5) is 0 Å². The van der Waals surface area contributed by atoms with Gasteiger partial charge in [-0.2, -0.15) is 5.26 Å². The van der Waals surface area contributed by atoms with E-state index >= 15 is 0 Å². The van der Waals surface area contributed by atoms with Crippen LogP contribution in [0.3, 0.4) is 0 Å². The molecule has 0 spiro atoms. The zero-order chi connectivity index (χ0) is 14.1. The molecule has 1 fully saturated rings. The molecule has 0 aliphatic heterocycles. The number of nitriles is 1. The number of aliphatic carboxylic acids is 1. The third-order valence-electron chi connectivity index (χ3n) is 4.12. The first-order valence-corrected chi connectivity index (χ1v) is 6.80. The number of fused-ring (bicyclic) bond motifs is 1. The Bertz CT molecular complexity index is 691. The molecule has 0 atom stereocenters. The topological polar surface area (TPSA) is 78.4 Å². The number of aromatic nitrogens is 2. The molecular weight excluding hydrogens is 254 g/mol. The summed E-state index contributed by atoms with van der Waals surface area (Å²) in [5.41, 5.74) is 1.27. The Morgan fingerprint density at radius 3 is 2.75 bits per heavy atom. The normalized spacial score (nSPS) is 22.6. The van der Waals surface area contributed by atoms with Crippen LogP contribution in [0, 0.1) is 17.2 Å². The summed E-state index contributed by atoms with van der Waals surface area (Å²) >= 11 is 0. The van der Waals surface area contributed by atoms with E-state index in [2.05, 4.69) is 11.1 Å². The number of pyridine rings is 1. The minimum absolute atomic E-state index is 0.229. The Labute approximate surface area is 116 Å². The number of carboxylic acid groups (broad SMARTS) is 1. The van der Waals surface area contributed by atoms with E-state index < -0.39 is 5.97 Å². The van der Waals surface area contributed by atoms with Crippen LogP contribution in [0.15, 0.2) is 24.4 Å². The summed E-state index contributed by atoms with van der Waals surface area (Å²) in [5, 5.41) is 18.2. The van der Waals surface area contributed by atoms with Gasteiger partial charge in [-0.1, -0.05) is 6.07 Å². The highest BCUT2D eigenvalue weighted by atomic mass is 16.4. The van der Waals surface area contributed by atoms with Gasteiger partial charge in [0.15, 0.2) is 5.69 Å². The number of hydrogen-bond donors (Lipinski definition) is 1. The van der Waals surface area contributed by atoms with Crippen molar-refractivity contribution in [2.75, 3.05) is 0 Å². The monoisotopic (exact) mass is 269 g/mol. The van der Waals surface area contributed by atoms with Gasteiger partial charge in [-0.3, -0.25) is 4.79 Å². The van der Waals surface area contributed by atoms with Crippen molar-refractivity contribution in [2.45, 2.75) is 31.6 Å². The molecule has 1 aliphatic carbocycles. The lowest BCUT2D eigenvalue weighted by molar-refractivity contribution is -0.142. The lowest BCUT2D eigenvalue weighted by atomic mass is 9.81. The smallest absolute Gasteiger partial charge is 0.306 e. The maximum atomic E-state index is 11.0. The molecule has 0 bridgehead atoms. The SMILES string of the molecule is N#Cc1nc(C2CCC(C(=O)O)CC2)n2ccccc12. The zero-order valence-corrected chi connectivity index (χ0v) is 11.0. The fraction of sp³-hybridized carbons (Fsp3) is 0.400. The molecule has 5 heteroatoms. The summed E-state index contributed by atoms with van der Waals surface area (Å²) in [7, 11) is 0. The quantitative estimate of drug-likeness (QED) is 0.908. The molecule has 1 aliphatic rings. The van der Waals surface area contributed by atoms with Crippen LogP contribution in [0.1, 0.15) is 43.1 Å². The molecule has 0 amide bonds. The van der Waals surface area contributed by atoms with Crippen LogP contribution in [0.2, 0.25) is 0 Å². The van der Waals surface area contributed by atoms with Gasteiger partial charge in [0.25, 0.3) is 0 Å². The van der Waals surface area contributed by atoms with Gasteiger partial charge in [0, 0.05) is 12.1 Å². The van der Waals surface area contributed by atoms with Gasteiger partial charge < -0.3 is 9.51 Å². The zero-order valence-electron chi connectivity index (χ0n) is 11.0. The van der Waals surface area contributed by atoms with E-state index in [0.717, 1.165) is 24.2 Å². The molecule has 5 nitrogen and oxygen atoms in total. The van der Waals surface area contributed by atoms with E-state index in [9.17, 15) is 4.79 Å². The Kier molecular flexibility index (Phi) is 3.15. The second kappa shape index (κ2) is 4.97. The number of carbonyl (C=O) groups is 1. The molecule has 0 aromatic carbocycles. The average molecular weight is 269 g/mol. The summed E-state index contributed by atoms with van der Waals surface area (Å²) in [6.07, 6.45) is 4.92. The molecule has 0 radical (unpaired) electrons. The molecule has 3 rings (SSSR count). The van der Waals surface area contributed by atoms with Crippen molar-refractivity contribution < 1.29 is 9.90 Å². The second-order valence-electron chi connectivity index (χ2n) is 5.27. The van der Waals surface area contributed by atoms with E-state index in [1.165, 1.54) is 0 Å². The van der Waals surface area contributed by atoms with Crippen LogP contribution in [-0.2, 0) is 4.79 Å². The van der Waals surface area contributed by atoms with Crippen molar-refractivity contribution in [1.29, 1.82) is 5.26 Å². The van der Waals surface area contributed by atoms with Crippen molar-refractivity contribution in [1.82, 2.24) is 9.38 Å².